The van der Waals surface area contributed by atoms with Crippen LogP contribution in [-0.2, 0) is 10.0 Å². The average Bonchev–Trinajstić information content (AvgIpc) is 2.27. The fourth-order valence-corrected chi connectivity index (χ4v) is 4.19. The van der Waals surface area contributed by atoms with Gasteiger partial charge >= 0.3 is 0 Å². The van der Waals surface area contributed by atoms with Gasteiger partial charge in [-0.15, -0.1) is 4.83 Å². The lowest BCUT2D eigenvalue weighted by molar-refractivity contribution is 0.200. The molecular weight excluding hydrogens is 262 g/mol. The van der Waals surface area contributed by atoms with Crippen LogP contribution >= 0.6 is 0 Å². The molecule has 1 fully saturated rings. The lowest BCUT2D eigenvalue weighted by Crippen LogP contribution is -2.45. The minimum Gasteiger partial charge on any atom is -0.399 e. The minimum absolute atomic E-state index is 0.340. The zero-order valence-electron chi connectivity index (χ0n) is 11.4. The van der Waals surface area contributed by atoms with E-state index in [4.69, 9.17) is 5.73 Å². The Labute approximate surface area is 114 Å². The lowest BCUT2D eigenvalue weighted by Gasteiger charge is -2.27. The lowest BCUT2D eigenvalue weighted by atomic mass is 10.1. The molecular formula is C13H21N3O2S. The highest BCUT2D eigenvalue weighted by Gasteiger charge is 2.23. The predicted octanol–water partition coefficient (Wildman–Crippen LogP) is 1.56. The number of nitrogens with two attached hydrogens (primary N) is 1. The van der Waals surface area contributed by atoms with Crippen LogP contribution in [0.5, 0.6) is 0 Å². The van der Waals surface area contributed by atoms with Crippen molar-refractivity contribution in [2.45, 2.75) is 38.0 Å². The molecule has 6 heteroatoms. The van der Waals surface area contributed by atoms with Gasteiger partial charge in [0.1, 0.15) is 0 Å². The molecule has 0 unspecified atom stereocenters. The number of anilines is 1. The first-order valence-corrected chi connectivity index (χ1v) is 8.02. The maximum atomic E-state index is 12.5. The zero-order chi connectivity index (χ0) is 14.0. The van der Waals surface area contributed by atoms with Crippen molar-refractivity contribution in [3.8, 4) is 0 Å². The zero-order valence-corrected chi connectivity index (χ0v) is 12.3. The number of piperidine rings is 1. The summed E-state index contributed by atoms with van der Waals surface area (Å²) in [5.41, 5.74) is 7.68. The third-order valence-electron chi connectivity index (χ3n) is 3.36. The largest absolute Gasteiger partial charge is 0.399 e. The van der Waals surface area contributed by atoms with Crippen molar-refractivity contribution >= 4 is 15.7 Å². The molecule has 1 saturated heterocycles. The Bertz CT molecular complexity index is 540. The van der Waals surface area contributed by atoms with E-state index in [9.17, 15) is 8.42 Å². The van der Waals surface area contributed by atoms with Gasteiger partial charge < -0.3 is 5.73 Å². The number of aryl methyl sites for hydroxylation is 2. The van der Waals surface area contributed by atoms with Gasteiger partial charge in [-0.1, -0.05) is 6.42 Å². The fourth-order valence-electron chi connectivity index (χ4n) is 2.61. The number of nitrogens with one attached hydrogen (secondary N) is 1. The number of hydrogen-bond acceptors (Lipinski definition) is 4. The molecule has 0 radical (unpaired) electrons. The van der Waals surface area contributed by atoms with Gasteiger partial charge in [-0.25, -0.2) is 13.4 Å². The molecule has 1 heterocycles. The van der Waals surface area contributed by atoms with E-state index in [0.717, 1.165) is 32.4 Å². The van der Waals surface area contributed by atoms with Crippen molar-refractivity contribution in [2.24, 2.45) is 0 Å². The van der Waals surface area contributed by atoms with Crippen LogP contribution in [0, 0.1) is 13.8 Å². The summed E-state index contributed by atoms with van der Waals surface area (Å²) in [6, 6.07) is 3.38. The topological polar surface area (TPSA) is 75.4 Å². The van der Waals surface area contributed by atoms with Crippen LogP contribution in [0.1, 0.15) is 30.4 Å². The molecule has 0 saturated carbocycles. The summed E-state index contributed by atoms with van der Waals surface area (Å²) in [5, 5.41) is 1.79. The molecule has 19 heavy (non-hydrogen) atoms. The second kappa shape index (κ2) is 5.48. The summed E-state index contributed by atoms with van der Waals surface area (Å²) in [5.74, 6) is 0. The highest BCUT2D eigenvalue weighted by atomic mass is 32.2. The van der Waals surface area contributed by atoms with Crippen LogP contribution in [0.2, 0.25) is 0 Å². The van der Waals surface area contributed by atoms with E-state index < -0.39 is 10.0 Å². The molecule has 0 spiro atoms. The molecule has 3 N–H and O–H groups in total. The number of nitrogen functional groups attached to an aromatic ring is 1. The molecule has 2 rings (SSSR count). The normalized spacial score (nSPS) is 17.6. The maximum Gasteiger partial charge on any atom is 0.253 e. The standard InChI is InChI=1S/C13H21N3O2S/c1-10-8-12(14)9-11(2)13(10)19(17,18)15-16-6-4-3-5-7-16/h8-9,15H,3-7,14H2,1-2H3. The van der Waals surface area contributed by atoms with E-state index >= 15 is 0 Å². The van der Waals surface area contributed by atoms with E-state index in [1.807, 2.05) is 0 Å². The van der Waals surface area contributed by atoms with Gasteiger partial charge in [-0.05, 0) is 49.9 Å². The van der Waals surface area contributed by atoms with Crippen molar-refractivity contribution in [3.63, 3.8) is 0 Å². The van der Waals surface area contributed by atoms with Crippen molar-refractivity contribution in [1.82, 2.24) is 9.84 Å². The van der Waals surface area contributed by atoms with Gasteiger partial charge in [0.15, 0.2) is 0 Å². The van der Waals surface area contributed by atoms with Crippen LogP contribution in [-0.4, -0.2) is 26.5 Å². The second-order valence-electron chi connectivity index (χ2n) is 5.13. The Balaban J connectivity index is 2.29. The number of hydrogen-bond donors (Lipinski definition) is 2. The quantitative estimate of drug-likeness (QED) is 0.826. The van der Waals surface area contributed by atoms with Crippen LogP contribution in [0.3, 0.4) is 0 Å². The van der Waals surface area contributed by atoms with Crippen molar-refractivity contribution < 1.29 is 8.42 Å². The van der Waals surface area contributed by atoms with Gasteiger partial charge in [0.25, 0.3) is 10.0 Å². The van der Waals surface area contributed by atoms with Gasteiger partial charge in [0, 0.05) is 18.8 Å². The highest BCUT2D eigenvalue weighted by molar-refractivity contribution is 7.89. The summed E-state index contributed by atoms with van der Waals surface area (Å²) in [6.07, 6.45) is 3.22. The van der Waals surface area contributed by atoms with Crippen LogP contribution in [0.4, 0.5) is 5.69 Å². The molecule has 1 aliphatic rings. The number of rotatable bonds is 3. The van der Waals surface area contributed by atoms with Crippen LogP contribution in [0.25, 0.3) is 0 Å². The average molecular weight is 283 g/mol. The molecule has 1 aromatic rings. The van der Waals surface area contributed by atoms with Crippen molar-refractivity contribution in [1.29, 1.82) is 0 Å². The molecule has 0 bridgehead atoms. The first-order valence-electron chi connectivity index (χ1n) is 6.54. The molecule has 0 aromatic heterocycles. The highest BCUT2D eigenvalue weighted by Crippen LogP contribution is 2.23. The molecule has 0 amide bonds. The number of nitrogens with zero attached hydrogens (tertiary/aromatic N) is 1. The summed E-state index contributed by atoms with van der Waals surface area (Å²) in [6.45, 7) is 5.08. The first-order chi connectivity index (χ1) is 8.90. The summed E-state index contributed by atoms with van der Waals surface area (Å²) in [7, 11) is -3.52. The Morgan fingerprint density at radius 3 is 2.16 bits per heavy atom. The number of benzene rings is 1. The second-order valence-corrected chi connectivity index (χ2v) is 6.72. The SMILES string of the molecule is Cc1cc(N)cc(C)c1S(=O)(=O)NN1CCCCC1. The van der Waals surface area contributed by atoms with Gasteiger partial charge in [-0.3, -0.25) is 0 Å². The van der Waals surface area contributed by atoms with Crippen LogP contribution in [0.15, 0.2) is 17.0 Å². The molecule has 0 aliphatic carbocycles. The van der Waals surface area contributed by atoms with Gasteiger partial charge in [0.2, 0.25) is 0 Å². The molecule has 1 aromatic carbocycles. The van der Waals surface area contributed by atoms with E-state index in [1.54, 1.807) is 31.0 Å². The molecule has 1 aliphatic heterocycles. The van der Waals surface area contributed by atoms with Gasteiger partial charge in [-0.2, -0.15) is 0 Å². The third-order valence-corrected chi connectivity index (χ3v) is 5.04. The summed E-state index contributed by atoms with van der Waals surface area (Å²) in [4.78, 5) is 3.02. The predicted molar refractivity (Wildman–Crippen MR) is 76.1 cm³/mol. The number of hydrazine groups is 1. The molecule has 106 valence electrons. The number of sulfonamides is 1. The Morgan fingerprint density at radius 2 is 1.63 bits per heavy atom. The Kier molecular flexibility index (Phi) is 4.13. The van der Waals surface area contributed by atoms with Crippen molar-refractivity contribution in [3.05, 3.63) is 23.3 Å². The smallest absolute Gasteiger partial charge is 0.253 e. The maximum absolute atomic E-state index is 12.5. The summed E-state index contributed by atoms with van der Waals surface area (Å²) < 4.78 is 24.9. The van der Waals surface area contributed by atoms with E-state index in [2.05, 4.69) is 4.83 Å². The van der Waals surface area contributed by atoms with E-state index in [-0.39, 0.29) is 0 Å². The molecule has 0 atom stereocenters. The van der Waals surface area contributed by atoms with Crippen molar-refractivity contribution in [2.75, 3.05) is 18.8 Å². The van der Waals surface area contributed by atoms with E-state index in [1.165, 1.54) is 0 Å². The monoisotopic (exact) mass is 283 g/mol. The Hall–Kier alpha value is -1.11. The molecule has 5 nitrogen and oxygen atoms in total. The summed E-state index contributed by atoms with van der Waals surface area (Å²) >= 11 is 0. The van der Waals surface area contributed by atoms with Crippen LogP contribution < -0.4 is 10.6 Å². The Morgan fingerprint density at radius 1 is 1.11 bits per heavy atom. The first kappa shape index (κ1) is 14.3. The van der Waals surface area contributed by atoms with Gasteiger partial charge in [0.05, 0.1) is 4.90 Å². The third kappa shape index (κ3) is 3.26. The van der Waals surface area contributed by atoms with E-state index in [0.29, 0.717) is 21.7 Å². The minimum atomic E-state index is -3.52. The fraction of sp³-hybridized carbons (Fsp3) is 0.538.